The highest BCUT2D eigenvalue weighted by molar-refractivity contribution is 5.85. The molecule has 1 fully saturated rings. The normalized spacial score (nSPS) is 18.0. The molecule has 2 N–H and O–H groups in total. The number of hydrogen-bond donors (Lipinski definition) is 1. The van der Waals surface area contributed by atoms with Crippen molar-refractivity contribution in [2.45, 2.75) is 25.6 Å². The molecule has 0 aromatic heterocycles. The molecule has 0 saturated carbocycles. The molecule has 0 radical (unpaired) electrons. The summed E-state index contributed by atoms with van der Waals surface area (Å²) in [5, 5.41) is 0. The van der Waals surface area contributed by atoms with E-state index in [-0.39, 0.29) is 12.4 Å². The van der Waals surface area contributed by atoms with E-state index in [4.69, 9.17) is 10.5 Å². The predicted molar refractivity (Wildman–Crippen MR) is 92.3 cm³/mol. The molecule has 2 aromatic carbocycles. The van der Waals surface area contributed by atoms with Gasteiger partial charge in [0.05, 0.1) is 0 Å². The van der Waals surface area contributed by atoms with Crippen molar-refractivity contribution < 1.29 is 4.74 Å². The van der Waals surface area contributed by atoms with Crippen LogP contribution in [-0.4, -0.2) is 24.0 Å². The van der Waals surface area contributed by atoms with Gasteiger partial charge < -0.3 is 10.5 Å². The van der Waals surface area contributed by atoms with Crippen LogP contribution >= 0.6 is 12.4 Å². The smallest absolute Gasteiger partial charge is 0.120 e. The molecule has 0 amide bonds. The zero-order valence-electron chi connectivity index (χ0n) is 12.7. The Hall–Kier alpha value is -1.55. The number of nitrogens with two attached hydrogens (primary N) is 1. The summed E-state index contributed by atoms with van der Waals surface area (Å²) in [6.45, 7) is 3.65. The number of rotatable bonds is 5. The van der Waals surface area contributed by atoms with Gasteiger partial charge in [0.1, 0.15) is 12.4 Å². The zero-order chi connectivity index (χ0) is 14.5. The van der Waals surface area contributed by atoms with Gasteiger partial charge in [-0.2, -0.15) is 0 Å². The van der Waals surface area contributed by atoms with Crippen molar-refractivity contribution in [2.24, 2.45) is 5.73 Å². The van der Waals surface area contributed by atoms with Crippen molar-refractivity contribution >= 4 is 12.4 Å². The van der Waals surface area contributed by atoms with Crippen molar-refractivity contribution in [1.29, 1.82) is 0 Å². The Labute approximate surface area is 138 Å². The minimum atomic E-state index is 0. The van der Waals surface area contributed by atoms with E-state index in [0.29, 0.717) is 12.6 Å². The average molecular weight is 319 g/mol. The fraction of sp³-hybridized carbons (Fsp3) is 0.333. The first-order valence-electron chi connectivity index (χ1n) is 7.53. The summed E-state index contributed by atoms with van der Waals surface area (Å²) in [4.78, 5) is 2.40. The molecule has 1 unspecified atom stereocenters. The van der Waals surface area contributed by atoms with Gasteiger partial charge in [0.25, 0.3) is 0 Å². The molecule has 118 valence electrons. The summed E-state index contributed by atoms with van der Waals surface area (Å²) in [5.74, 6) is 0.930. The van der Waals surface area contributed by atoms with Crippen LogP contribution in [-0.2, 0) is 13.2 Å². The van der Waals surface area contributed by atoms with Gasteiger partial charge in [-0.1, -0.05) is 42.5 Å². The van der Waals surface area contributed by atoms with Gasteiger partial charge in [-0.25, -0.2) is 0 Å². The standard InChI is InChI=1S/C18H22N2O.ClH/c19-17-9-10-20(13-17)12-16-7-4-8-18(11-16)21-14-15-5-2-1-3-6-15;/h1-8,11,17H,9-10,12-14,19H2;1H. The van der Waals surface area contributed by atoms with Crippen LogP contribution in [0, 0.1) is 0 Å². The van der Waals surface area contributed by atoms with Gasteiger partial charge in [0.2, 0.25) is 0 Å². The zero-order valence-corrected chi connectivity index (χ0v) is 13.5. The number of likely N-dealkylation sites (tertiary alicyclic amines) is 1. The van der Waals surface area contributed by atoms with E-state index in [1.165, 1.54) is 11.1 Å². The Bertz CT molecular complexity index is 576. The van der Waals surface area contributed by atoms with Gasteiger partial charge in [0, 0.05) is 25.7 Å². The topological polar surface area (TPSA) is 38.5 Å². The van der Waals surface area contributed by atoms with E-state index in [2.05, 4.69) is 35.2 Å². The average Bonchev–Trinajstić information content (AvgIpc) is 2.92. The molecule has 22 heavy (non-hydrogen) atoms. The van der Waals surface area contributed by atoms with E-state index >= 15 is 0 Å². The SMILES string of the molecule is Cl.NC1CCN(Cc2cccc(OCc3ccccc3)c2)C1. The lowest BCUT2D eigenvalue weighted by Crippen LogP contribution is -2.26. The largest absolute Gasteiger partial charge is 0.489 e. The Balaban J connectivity index is 0.00000176. The Morgan fingerprint density at radius 3 is 2.55 bits per heavy atom. The van der Waals surface area contributed by atoms with Gasteiger partial charge in [0.15, 0.2) is 0 Å². The van der Waals surface area contributed by atoms with Crippen LogP contribution < -0.4 is 10.5 Å². The lowest BCUT2D eigenvalue weighted by molar-refractivity contribution is 0.302. The van der Waals surface area contributed by atoms with E-state index < -0.39 is 0 Å². The van der Waals surface area contributed by atoms with Crippen LogP contribution in [0.4, 0.5) is 0 Å². The molecule has 1 saturated heterocycles. The fourth-order valence-electron chi connectivity index (χ4n) is 2.74. The quantitative estimate of drug-likeness (QED) is 0.920. The van der Waals surface area contributed by atoms with Gasteiger partial charge in [-0.15, -0.1) is 12.4 Å². The fourth-order valence-corrected chi connectivity index (χ4v) is 2.74. The molecule has 3 rings (SSSR count). The van der Waals surface area contributed by atoms with Gasteiger partial charge in [-0.05, 0) is 29.7 Å². The monoisotopic (exact) mass is 318 g/mol. The van der Waals surface area contributed by atoms with Crippen LogP contribution in [0.15, 0.2) is 54.6 Å². The highest BCUT2D eigenvalue weighted by Gasteiger charge is 2.18. The van der Waals surface area contributed by atoms with Crippen LogP contribution in [0.2, 0.25) is 0 Å². The first-order chi connectivity index (χ1) is 10.3. The molecule has 1 aliphatic rings. The Morgan fingerprint density at radius 1 is 1.05 bits per heavy atom. The van der Waals surface area contributed by atoms with Crippen molar-refractivity contribution in [3.05, 3.63) is 65.7 Å². The molecule has 4 heteroatoms. The molecule has 1 heterocycles. The molecular weight excluding hydrogens is 296 g/mol. The summed E-state index contributed by atoms with van der Waals surface area (Å²) >= 11 is 0. The lowest BCUT2D eigenvalue weighted by atomic mass is 10.2. The second-order valence-corrected chi connectivity index (χ2v) is 5.71. The number of halogens is 1. The number of benzene rings is 2. The van der Waals surface area contributed by atoms with E-state index in [9.17, 15) is 0 Å². The summed E-state index contributed by atoms with van der Waals surface area (Å²) in [6.07, 6.45) is 1.10. The maximum absolute atomic E-state index is 5.95. The van der Waals surface area contributed by atoms with E-state index in [0.717, 1.165) is 31.8 Å². The summed E-state index contributed by atoms with van der Waals surface area (Å²) < 4.78 is 5.88. The summed E-state index contributed by atoms with van der Waals surface area (Å²) in [6, 6.07) is 18.9. The molecule has 0 bridgehead atoms. The summed E-state index contributed by atoms with van der Waals surface area (Å²) in [5.41, 5.74) is 8.43. The van der Waals surface area contributed by atoms with Crippen molar-refractivity contribution in [3.63, 3.8) is 0 Å². The van der Waals surface area contributed by atoms with E-state index in [1.807, 2.05) is 24.3 Å². The second-order valence-electron chi connectivity index (χ2n) is 5.71. The minimum Gasteiger partial charge on any atom is -0.489 e. The minimum absolute atomic E-state index is 0. The van der Waals surface area contributed by atoms with Gasteiger partial charge >= 0.3 is 0 Å². The number of hydrogen-bond acceptors (Lipinski definition) is 3. The van der Waals surface area contributed by atoms with Crippen LogP contribution in [0.3, 0.4) is 0 Å². The van der Waals surface area contributed by atoms with Crippen LogP contribution in [0.1, 0.15) is 17.5 Å². The maximum Gasteiger partial charge on any atom is 0.120 e. The van der Waals surface area contributed by atoms with Crippen molar-refractivity contribution in [3.8, 4) is 5.75 Å². The maximum atomic E-state index is 5.95. The van der Waals surface area contributed by atoms with Crippen molar-refractivity contribution in [1.82, 2.24) is 4.90 Å². The first kappa shape index (κ1) is 16.8. The first-order valence-corrected chi connectivity index (χ1v) is 7.53. The molecule has 2 aromatic rings. The summed E-state index contributed by atoms with van der Waals surface area (Å²) in [7, 11) is 0. The Kier molecular flexibility index (Phi) is 6.25. The molecule has 3 nitrogen and oxygen atoms in total. The van der Waals surface area contributed by atoms with Crippen LogP contribution in [0.5, 0.6) is 5.75 Å². The van der Waals surface area contributed by atoms with E-state index in [1.54, 1.807) is 0 Å². The predicted octanol–water partition coefficient (Wildman–Crippen LogP) is 3.22. The third-order valence-electron chi connectivity index (χ3n) is 3.86. The third-order valence-corrected chi connectivity index (χ3v) is 3.86. The molecule has 1 aliphatic heterocycles. The lowest BCUT2D eigenvalue weighted by Gasteiger charge is -2.16. The van der Waals surface area contributed by atoms with Crippen LogP contribution in [0.25, 0.3) is 0 Å². The third kappa shape index (κ3) is 4.73. The Morgan fingerprint density at radius 2 is 1.82 bits per heavy atom. The number of ether oxygens (including phenoxy) is 1. The highest BCUT2D eigenvalue weighted by Crippen LogP contribution is 2.18. The molecule has 1 atom stereocenters. The molecular formula is C18H23ClN2O. The number of nitrogens with zero attached hydrogens (tertiary/aromatic N) is 1. The molecule has 0 spiro atoms. The van der Waals surface area contributed by atoms with Gasteiger partial charge in [-0.3, -0.25) is 4.90 Å². The second kappa shape index (κ2) is 8.18. The molecule has 0 aliphatic carbocycles. The highest BCUT2D eigenvalue weighted by atomic mass is 35.5. The van der Waals surface area contributed by atoms with Crippen molar-refractivity contribution in [2.75, 3.05) is 13.1 Å².